The van der Waals surface area contributed by atoms with Gasteiger partial charge < -0.3 is 10.5 Å². The van der Waals surface area contributed by atoms with E-state index < -0.39 is 0 Å². The van der Waals surface area contributed by atoms with Crippen molar-refractivity contribution in [3.05, 3.63) is 36.0 Å². The predicted molar refractivity (Wildman–Crippen MR) is 102 cm³/mol. The highest BCUT2D eigenvalue weighted by Crippen LogP contribution is 2.29. The standard InChI is InChI=1S/C20H30N4O/c1-14-10-23(13-18(14)21)11-16-12-24(20(2,3)4)22-19(16)15-7-6-8-17(9-15)25-5/h6-9,12,14,18H,10-11,13,21H2,1-5H3. The molecule has 1 aliphatic heterocycles. The van der Waals surface area contributed by atoms with Crippen LogP contribution in [0.2, 0.25) is 0 Å². The van der Waals surface area contributed by atoms with Gasteiger partial charge in [0.25, 0.3) is 0 Å². The van der Waals surface area contributed by atoms with Gasteiger partial charge in [-0.2, -0.15) is 5.10 Å². The molecule has 1 aliphatic rings. The Morgan fingerprint density at radius 1 is 1.28 bits per heavy atom. The van der Waals surface area contributed by atoms with Crippen LogP contribution in [0, 0.1) is 5.92 Å². The number of likely N-dealkylation sites (tertiary alicyclic amines) is 1. The average Bonchev–Trinajstić information content (AvgIpc) is 3.11. The number of benzene rings is 1. The quantitative estimate of drug-likeness (QED) is 0.928. The minimum Gasteiger partial charge on any atom is -0.497 e. The van der Waals surface area contributed by atoms with Gasteiger partial charge in [0.1, 0.15) is 5.75 Å². The monoisotopic (exact) mass is 342 g/mol. The van der Waals surface area contributed by atoms with E-state index in [2.05, 4.69) is 55.6 Å². The van der Waals surface area contributed by atoms with E-state index in [1.165, 1.54) is 5.56 Å². The van der Waals surface area contributed by atoms with Crippen molar-refractivity contribution in [3.63, 3.8) is 0 Å². The Hall–Kier alpha value is -1.85. The van der Waals surface area contributed by atoms with E-state index in [0.717, 1.165) is 36.6 Å². The topological polar surface area (TPSA) is 56.3 Å². The number of nitrogens with two attached hydrogens (primary N) is 1. The zero-order valence-electron chi connectivity index (χ0n) is 16.0. The fourth-order valence-corrected chi connectivity index (χ4v) is 3.35. The first-order valence-corrected chi connectivity index (χ1v) is 8.99. The van der Waals surface area contributed by atoms with E-state index in [9.17, 15) is 0 Å². The molecule has 1 aromatic heterocycles. The lowest BCUT2D eigenvalue weighted by Gasteiger charge is -2.19. The summed E-state index contributed by atoms with van der Waals surface area (Å²) in [5.41, 5.74) is 9.51. The van der Waals surface area contributed by atoms with Gasteiger partial charge in [0.05, 0.1) is 18.3 Å². The number of aromatic nitrogens is 2. The Bertz CT molecular complexity index is 722. The van der Waals surface area contributed by atoms with Gasteiger partial charge in [-0.25, -0.2) is 0 Å². The Kier molecular flexibility index (Phi) is 4.89. The first-order valence-electron chi connectivity index (χ1n) is 8.99. The van der Waals surface area contributed by atoms with Gasteiger partial charge in [0.2, 0.25) is 0 Å². The molecular weight excluding hydrogens is 312 g/mol. The summed E-state index contributed by atoms with van der Waals surface area (Å²) < 4.78 is 7.46. The van der Waals surface area contributed by atoms with Crippen LogP contribution < -0.4 is 10.5 Å². The highest BCUT2D eigenvalue weighted by Gasteiger charge is 2.28. The summed E-state index contributed by atoms with van der Waals surface area (Å²) in [5.74, 6) is 1.39. The van der Waals surface area contributed by atoms with Gasteiger partial charge in [-0.05, 0) is 38.8 Å². The Morgan fingerprint density at radius 2 is 2.04 bits per heavy atom. The van der Waals surface area contributed by atoms with Gasteiger partial charge in [-0.15, -0.1) is 0 Å². The van der Waals surface area contributed by atoms with Gasteiger partial charge >= 0.3 is 0 Å². The SMILES string of the molecule is COc1cccc(-c2nn(C(C)(C)C)cc2CN2CC(C)C(N)C2)c1. The molecule has 0 radical (unpaired) electrons. The number of hydrogen-bond acceptors (Lipinski definition) is 4. The fraction of sp³-hybridized carbons (Fsp3) is 0.550. The normalized spacial score (nSPS) is 21.7. The Morgan fingerprint density at radius 3 is 2.64 bits per heavy atom. The number of hydrogen-bond donors (Lipinski definition) is 1. The number of nitrogens with zero attached hydrogens (tertiary/aromatic N) is 3. The molecule has 2 aromatic rings. The minimum absolute atomic E-state index is 0.0550. The molecule has 5 nitrogen and oxygen atoms in total. The van der Waals surface area contributed by atoms with Crippen LogP contribution in [-0.4, -0.2) is 40.9 Å². The summed E-state index contributed by atoms with van der Waals surface area (Å²) in [6, 6.07) is 8.39. The van der Waals surface area contributed by atoms with E-state index in [1.807, 2.05) is 12.1 Å². The molecule has 2 atom stereocenters. The maximum Gasteiger partial charge on any atom is 0.119 e. The van der Waals surface area contributed by atoms with Crippen LogP contribution in [0.15, 0.2) is 30.5 Å². The number of methoxy groups -OCH3 is 1. The summed E-state index contributed by atoms with van der Waals surface area (Å²) in [4.78, 5) is 2.43. The van der Waals surface area contributed by atoms with Crippen molar-refractivity contribution in [1.29, 1.82) is 0 Å². The molecule has 1 fully saturated rings. The lowest BCUT2D eigenvalue weighted by Crippen LogP contribution is -2.28. The van der Waals surface area contributed by atoms with Crippen molar-refractivity contribution in [3.8, 4) is 17.0 Å². The average molecular weight is 342 g/mol. The summed E-state index contributed by atoms with van der Waals surface area (Å²) in [5, 5.41) is 4.91. The van der Waals surface area contributed by atoms with Gasteiger partial charge in [-0.3, -0.25) is 9.58 Å². The second-order valence-electron chi connectivity index (χ2n) is 8.19. The third-order valence-corrected chi connectivity index (χ3v) is 4.96. The van der Waals surface area contributed by atoms with Crippen molar-refractivity contribution < 1.29 is 4.74 Å². The first-order chi connectivity index (χ1) is 11.8. The molecule has 2 unspecified atom stereocenters. The maximum atomic E-state index is 6.20. The molecule has 0 saturated carbocycles. The number of ether oxygens (including phenoxy) is 1. The van der Waals surface area contributed by atoms with Crippen LogP contribution in [0.25, 0.3) is 11.3 Å². The third-order valence-electron chi connectivity index (χ3n) is 4.96. The second-order valence-corrected chi connectivity index (χ2v) is 8.19. The minimum atomic E-state index is -0.0550. The fourth-order valence-electron chi connectivity index (χ4n) is 3.35. The molecule has 2 heterocycles. The summed E-state index contributed by atoms with van der Waals surface area (Å²) in [6.45, 7) is 11.6. The summed E-state index contributed by atoms with van der Waals surface area (Å²) in [7, 11) is 1.70. The van der Waals surface area contributed by atoms with Crippen LogP contribution in [0.3, 0.4) is 0 Å². The van der Waals surface area contributed by atoms with Crippen molar-refractivity contribution in [2.75, 3.05) is 20.2 Å². The van der Waals surface area contributed by atoms with Crippen LogP contribution in [0.4, 0.5) is 0 Å². The van der Waals surface area contributed by atoms with Crippen molar-refractivity contribution in [1.82, 2.24) is 14.7 Å². The largest absolute Gasteiger partial charge is 0.497 e. The van der Waals surface area contributed by atoms with E-state index in [0.29, 0.717) is 5.92 Å². The summed E-state index contributed by atoms with van der Waals surface area (Å²) >= 11 is 0. The van der Waals surface area contributed by atoms with Gasteiger partial charge in [0, 0.05) is 43.0 Å². The van der Waals surface area contributed by atoms with E-state index in [4.69, 9.17) is 15.6 Å². The second kappa shape index (κ2) is 6.81. The van der Waals surface area contributed by atoms with Crippen LogP contribution in [0.1, 0.15) is 33.3 Å². The molecular formula is C20H30N4O. The zero-order valence-corrected chi connectivity index (χ0v) is 16.0. The molecule has 136 valence electrons. The molecule has 0 spiro atoms. The molecule has 0 bridgehead atoms. The van der Waals surface area contributed by atoms with Gasteiger partial charge in [-0.1, -0.05) is 19.1 Å². The molecule has 0 aliphatic carbocycles. The maximum absolute atomic E-state index is 6.20. The summed E-state index contributed by atoms with van der Waals surface area (Å²) in [6.07, 6.45) is 2.18. The third kappa shape index (κ3) is 3.88. The van der Waals surface area contributed by atoms with Crippen LogP contribution in [0.5, 0.6) is 5.75 Å². The van der Waals surface area contributed by atoms with Crippen molar-refractivity contribution in [2.45, 2.75) is 45.8 Å². The Labute approximate surface area is 150 Å². The van der Waals surface area contributed by atoms with Crippen LogP contribution in [-0.2, 0) is 12.1 Å². The Balaban J connectivity index is 1.96. The van der Waals surface area contributed by atoms with Crippen LogP contribution >= 0.6 is 0 Å². The molecule has 2 N–H and O–H groups in total. The lowest BCUT2D eigenvalue weighted by atomic mass is 10.1. The van der Waals surface area contributed by atoms with E-state index in [1.54, 1.807) is 7.11 Å². The molecule has 3 rings (SSSR count). The highest BCUT2D eigenvalue weighted by atomic mass is 16.5. The molecule has 5 heteroatoms. The van der Waals surface area contributed by atoms with Crippen molar-refractivity contribution in [2.24, 2.45) is 11.7 Å². The van der Waals surface area contributed by atoms with E-state index >= 15 is 0 Å². The highest BCUT2D eigenvalue weighted by molar-refractivity contribution is 5.64. The van der Waals surface area contributed by atoms with E-state index in [-0.39, 0.29) is 11.6 Å². The van der Waals surface area contributed by atoms with Crippen molar-refractivity contribution >= 4 is 0 Å². The molecule has 1 aromatic carbocycles. The smallest absolute Gasteiger partial charge is 0.119 e. The molecule has 0 amide bonds. The lowest BCUT2D eigenvalue weighted by molar-refractivity contribution is 0.317. The zero-order chi connectivity index (χ0) is 18.2. The molecule has 1 saturated heterocycles. The first kappa shape index (κ1) is 18.0. The molecule has 25 heavy (non-hydrogen) atoms. The van der Waals surface area contributed by atoms with Gasteiger partial charge in [0.15, 0.2) is 0 Å². The number of rotatable bonds is 4. The predicted octanol–water partition coefficient (Wildman–Crippen LogP) is 3.09.